The van der Waals surface area contributed by atoms with Crippen LogP contribution >= 0.6 is 0 Å². The number of aliphatic hydroxyl groups is 1. The Bertz CT molecular complexity index is 546. The van der Waals surface area contributed by atoms with Crippen LogP contribution in [0.4, 0.5) is 0 Å². The van der Waals surface area contributed by atoms with Crippen molar-refractivity contribution in [3.8, 4) is 0 Å². The Morgan fingerprint density at radius 1 is 1.24 bits per heavy atom. The van der Waals surface area contributed by atoms with Crippen LogP contribution in [0.3, 0.4) is 0 Å². The van der Waals surface area contributed by atoms with Gasteiger partial charge in [0.2, 0.25) is 0 Å². The molecular weight excluding hydrogens is 290 g/mol. The average molecular weight is 313 g/mol. The maximum absolute atomic E-state index is 12.0. The van der Waals surface area contributed by atoms with Crippen molar-refractivity contribution in [3.05, 3.63) is 29.8 Å². The number of benzene rings is 1. The molecule has 0 heterocycles. The monoisotopic (exact) mass is 313 g/mol. The van der Waals surface area contributed by atoms with Gasteiger partial charge in [-0.1, -0.05) is 13.3 Å². The Morgan fingerprint density at radius 2 is 1.86 bits per heavy atom. The van der Waals surface area contributed by atoms with Crippen molar-refractivity contribution in [1.82, 2.24) is 5.32 Å². The van der Waals surface area contributed by atoms with Gasteiger partial charge in [0.05, 0.1) is 4.90 Å². The van der Waals surface area contributed by atoms with E-state index in [1.807, 2.05) is 0 Å². The van der Waals surface area contributed by atoms with E-state index < -0.39 is 9.84 Å². The fourth-order valence-corrected chi connectivity index (χ4v) is 2.76. The van der Waals surface area contributed by atoms with Crippen LogP contribution in [-0.2, 0) is 9.84 Å². The van der Waals surface area contributed by atoms with Gasteiger partial charge < -0.3 is 10.4 Å². The minimum Gasteiger partial charge on any atom is -0.396 e. The minimum atomic E-state index is -3.25. The lowest BCUT2D eigenvalue weighted by atomic mass is 10.00. The highest BCUT2D eigenvalue weighted by Gasteiger charge is 2.12. The second-order valence-electron chi connectivity index (χ2n) is 5.17. The minimum absolute atomic E-state index is 0.115. The summed E-state index contributed by atoms with van der Waals surface area (Å²) >= 11 is 0. The highest BCUT2D eigenvalue weighted by molar-refractivity contribution is 7.90. The standard InChI is InChI=1S/C15H23NO4S/c1-3-4-12(9-10-17)11-16-15(18)13-5-7-14(8-6-13)21(2,19)20/h5-8,12,17H,3-4,9-11H2,1-2H3,(H,16,18). The first-order valence-corrected chi connectivity index (χ1v) is 8.96. The first kappa shape index (κ1) is 17.7. The topological polar surface area (TPSA) is 83.5 Å². The molecule has 118 valence electrons. The van der Waals surface area contributed by atoms with Crippen LogP contribution in [0.15, 0.2) is 29.2 Å². The summed E-state index contributed by atoms with van der Waals surface area (Å²) in [6.45, 7) is 2.70. The summed E-state index contributed by atoms with van der Waals surface area (Å²) in [6.07, 6.45) is 3.75. The molecule has 1 aromatic rings. The molecule has 21 heavy (non-hydrogen) atoms. The van der Waals surface area contributed by atoms with Crippen LogP contribution in [0.5, 0.6) is 0 Å². The molecule has 1 unspecified atom stereocenters. The molecule has 0 saturated heterocycles. The molecule has 2 N–H and O–H groups in total. The zero-order valence-electron chi connectivity index (χ0n) is 12.5. The molecule has 1 rings (SSSR count). The van der Waals surface area contributed by atoms with Crippen LogP contribution in [0, 0.1) is 5.92 Å². The Hall–Kier alpha value is -1.40. The maximum Gasteiger partial charge on any atom is 0.251 e. The number of aliphatic hydroxyl groups excluding tert-OH is 1. The predicted molar refractivity (Wildman–Crippen MR) is 82.0 cm³/mol. The van der Waals surface area contributed by atoms with Crippen molar-refractivity contribution >= 4 is 15.7 Å². The zero-order valence-corrected chi connectivity index (χ0v) is 13.3. The van der Waals surface area contributed by atoms with Crippen molar-refractivity contribution < 1.29 is 18.3 Å². The van der Waals surface area contributed by atoms with Gasteiger partial charge in [-0.2, -0.15) is 0 Å². The van der Waals surface area contributed by atoms with Gasteiger partial charge in [0.15, 0.2) is 9.84 Å². The fourth-order valence-electron chi connectivity index (χ4n) is 2.13. The van der Waals surface area contributed by atoms with Crippen LogP contribution in [0.1, 0.15) is 36.5 Å². The average Bonchev–Trinajstić information content (AvgIpc) is 2.44. The van der Waals surface area contributed by atoms with E-state index in [0.717, 1.165) is 19.1 Å². The predicted octanol–water partition coefficient (Wildman–Crippen LogP) is 1.62. The van der Waals surface area contributed by atoms with Crippen molar-refractivity contribution in [1.29, 1.82) is 0 Å². The molecule has 0 bridgehead atoms. The molecule has 6 heteroatoms. The van der Waals surface area contributed by atoms with Gasteiger partial charge in [-0.25, -0.2) is 8.42 Å². The Labute approximate surface area is 126 Å². The van der Waals surface area contributed by atoms with Gasteiger partial charge in [0, 0.05) is 25.0 Å². The number of amides is 1. The number of carbonyl (C=O) groups is 1. The van der Waals surface area contributed by atoms with Crippen LogP contribution in [0.2, 0.25) is 0 Å². The van der Waals surface area contributed by atoms with E-state index in [1.54, 1.807) is 0 Å². The largest absolute Gasteiger partial charge is 0.396 e. The third-order valence-corrected chi connectivity index (χ3v) is 4.46. The van der Waals surface area contributed by atoms with Gasteiger partial charge in [-0.15, -0.1) is 0 Å². The molecule has 0 aliphatic rings. The third kappa shape index (κ3) is 5.85. The first-order chi connectivity index (χ1) is 9.88. The Balaban J connectivity index is 2.63. The second kappa shape index (κ2) is 8.14. The first-order valence-electron chi connectivity index (χ1n) is 7.07. The highest BCUT2D eigenvalue weighted by atomic mass is 32.2. The lowest BCUT2D eigenvalue weighted by Crippen LogP contribution is -2.29. The Kier molecular flexibility index (Phi) is 6.84. The van der Waals surface area contributed by atoms with Gasteiger partial charge >= 0.3 is 0 Å². The highest BCUT2D eigenvalue weighted by Crippen LogP contribution is 2.12. The summed E-state index contributed by atoms with van der Waals surface area (Å²) < 4.78 is 22.7. The molecule has 1 aromatic carbocycles. The molecule has 0 aliphatic carbocycles. The van der Waals surface area contributed by atoms with E-state index in [-0.39, 0.29) is 23.3 Å². The van der Waals surface area contributed by atoms with Gasteiger partial charge in [0.1, 0.15) is 0 Å². The smallest absolute Gasteiger partial charge is 0.251 e. The molecule has 5 nitrogen and oxygen atoms in total. The van der Waals surface area contributed by atoms with Crippen LogP contribution < -0.4 is 5.32 Å². The van der Waals surface area contributed by atoms with E-state index >= 15 is 0 Å². The summed E-state index contributed by atoms with van der Waals surface area (Å²) in [7, 11) is -3.25. The fraction of sp³-hybridized carbons (Fsp3) is 0.533. The normalized spacial score (nSPS) is 12.9. The molecule has 0 spiro atoms. The Morgan fingerprint density at radius 3 is 2.33 bits per heavy atom. The molecule has 1 amide bonds. The van der Waals surface area contributed by atoms with Crippen molar-refractivity contribution in [2.24, 2.45) is 5.92 Å². The number of nitrogens with one attached hydrogen (secondary N) is 1. The number of hydrogen-bond acceptors (Lipinski definition) is 4. The molecule has 1 atom stereocenters. The quantitative estimate of drug-likeness (QED) is 0.764. The number of hydrogen-bond donors (Lipinski definition) is 2. The lowest BCUT2D eigenvalue weighted by Gasteiger charge is -2.15. The van der Waals surface area contributed by atoms with Gasteiger partial charge in [-0.3, -0.25) is 4.79 Å². The zero-order chi connectivity index (χ0) is 15.9. The molecule has 0 saturated carbocycles. The molecule has 0 aliphatic heterocycles. The van der Waals surface area contributed by atoms with Gasteiger partial charge in [0.25, 0.3) is 5.91 Å². The van der Waals surface area contributed by atoms with E-state index in [9.17, 15) is 13.2 Å². The van der Waals surface area contributed by atoms with Crippen molar-refractivity contribution in [2.75, 3.05) is 19.4 Å². The summed E-state index contributed by atoms with van der Waals surface area (Å²) in [6, 6.07) is 5.88. The summed E-state index contributed by atoms with van der Waals surface area (Å²) in [5.41, 5.74) is 0.432. The number of rotatable bonds is 8. The van der Waals surface area contributed by atoms with Crippen LogP contribution in [0.25, 0.3) is 0 Å². The summed E-state index contributed by atoms with van der Waals surface area (Å²) in [5, 5.41) is 11.8. The van der Waals surface area contributed by atoms with Crippen LogP contribution in [-0.4, -0.2) is 38.8 Å². The van der Waals surface area contributed by atoms with E-state index in [0.29, 0.717) is 18.5 Å². The second-order valence-corrected chi connectivity index (χ2v) is 7.19. The summed E-state index contributed by atoms with van der Waals surface area (Å²) in [5.74, 6) is 0.0355. The molecule has 0 radical (unpaired) electrons. The van der Waals surface area contributed by atoms with Crippen molar-refractivity contribution in [3.63, 3.8) is 0 Å². The maximum atomic E-state index is 12.0. The summed E-state index contributed by atoms with van der Waals surface area (Å²) in [4.78, 5) is 12.2. The number of sulfone groups is 1. The van der Waals surface area contributed by atoms with Gasteiger partial charge in [-0.05, 0) is 43.0 Å². The SMILES string of the molecule is CCCC(CCO)CNC(=O)c1ccc(S(C)(=O)=O)cc1. The lowest BCUT2D eigenvalue weighted by molar-refractivity contribution is 0.0943. The molecule has 0 aromatic heterocycles. The van der Waals surface area contributed by atoms with E-state index in [4.69, 9.17) is 5.11 Å². The molecule has 0 fully saturated rings. The van der Waals surface area contributed by atoms with Crippen molar-refractivity contribution in [2.45, 2.75) is 31.1 Å². The third-order valence-electron chi connectivity index (χ3n) is 3.33. The molecular formula is C15H23NO4S. The van der Waals surface area contributed by atoms with E-state index in [2.05, 4.69) is 12.2 Å². The number of carbonyl (C=O) groups excluding carboxylic acids is 1. The van der Waals surface area contributed by atoms with E-state index in [1.165, 1.54) is 24.3 Å².